The third-order valence-corrected chi connectivity index (χ3v) is 8.58. The van der Waals surface area contributed by atoms with E-state index in [1.807, 2.05) is 35.7 Å². The maximum absolute atomic E-state index is 11.6. The molecule has 1 aliphatic heterocycles. The molecule has 0 radical (unpaired) electrons. The number of carbonyl (C=O) groups is 1. The van der Waals surface area contributed by atoms with Crippen molar-refractivity contribution in [3.63, 3.8) is 0 Å². The largest absolute Gasteiger partial charge is 0.497 e. The summed E-state index contributed by atoms with van der Waals surface area (Å²) in [6.45, 7) is 2.70. The van der Waals surface area contributed by atoms with Crippen LogP contribution >= 0.6 is 22.9 Å². The van der Waals surface area contributed by atoms with E-state index in [-0.39, 0.29) is 18.3 Å². The minimum absolute atomic E-state index is 0.0908. The molecule has 0 bridgehead atoms. The number of hydrogen-bond donors (Lipinski definition) is 2. The highest BCUT2D eigenvalue weighted by Crippen LogP contribution is 2.35. The third-order valence-electron chi connectivity index (χ3n) is 7.13. The lowest BCUT2D eigenvalue weighted by molar-refractivity contribution is -0.139. The van der Waals surface area contributed by atoms with Gasteiger partial charge < -0.3 is 19.8 Å². The Morgan fingerprint density at radius 1 is 1.31 bits per heavy atom. The minimum atomic E-state index is -0.750. The van der Waals surface area contributed by atoms with Crippen molar-refractivity contribution in [1.82, 2.24) is 9.88 Å². The Balaban J connectivity index is 1.35. The summed E-state index contributed by atoms with van der Waals surface area (Å²) in [5.74, 6) is 0.355. The van der Waals surface area contributed by atoms with E-state index in [2.05, 4.69) is 9.88 Å². The second kappa shape index (κ2) is 12.2. The molecule has 2 N–H and O–H groups in total. The van der Waals surface area contributed by atoms with E-state index in [1.54, 1.807) is 24.6 Å². The third kappa shape index (κ3) is 6.73. The van der Waals surface area contributed by atoms with Gasteiger partial charge in [-0.3, -0.25) is 9.78 Å². The Morgan fingerprint density at radius 3 is 2.91 bits per heavy atom. The number of aliphatic hydroxyl groups is 1. The summed E-state index contributed by atoms with van der Waals surface area (Å²) in [6, 6.07) is 9.48. The molecule has 1 fully saturated rings. The van der Waals surface area contributed by atoms with E-state index in [0.717, 1.165) is 72.6 Å². The summed E-state index contributed by atoms with van der Waals surface area (Å²) in [7, 11) is 1.62. The summed E-state index contributed by atoms with van der Waals surface area (Å²) in [4.78, 5) is 19.6. The first-order valence-electron chi connectivity index (χ1n) is 12.2. The van der Waals surface area contributed by atoms with E-state index in [1.165, 1.54) is 4.88 Å². The number of carboxylic acids is 1. The Bertz CT molecular complexity index is 1140. The maximum atomic E-state index is 11.6. The molecule has 35 heavy (non-hydrogen) atoms. The number of hydrogen-bond acceptors (Lipinski definition) is 6. The highest BCUT2D eigenvalue weighted by atomic mass is 35.5. The number of piperidine rings is 1. The lowest BCUT2D eigenvalue weighted by Gasteiger charge is -2.38. The van der Waals surface area contributed by atoms with Crippen LogP contribution in [0.15, 0.2) is 41.9 Å². The van der Waals surface area contributed by atoms with Crippen molar-refractivity contribution in [1.29, 1.82) is 0 Å². The molecule has 188 valence electrons. The van der Waals surface area contributed by atoms with Crippen LogP contribution in [-0.2, 0) is 11.2 Å². The molecule has 4 rings (SSSR count). The van der Waals surface area contributed by atoms with E-state index in [0.29, 0.717) is 6.42 Å². The second-order valence-corrected chi connectivity index (χ2v) is 10.8. The van der Waals surface area contributed by atoms with E-state index in [4.69, 9.17) is 16.3 Å². The molecule has 6 nitrogen and oxygen atoms in total. The van der Waals surface area contributed by atoms with Crippen molar-refractivity contribution in [3.8, 4) is 5.75 Å². The van der Waals surface area contributed by atoms with Crippen LogP contribution in [0.2, 0.25) is 5.02 Å². The molecule has 3 heterocycles. The predicted octanol–water partition coefficient (Wildman–Crippen LogP) is 5.82. The van der Waals surface area contributed by atoms with Crippen LogP contribution in [0.3, 0.4) is 0 Å². The minimum Gasteiger partial charge on any atom is -0.497 e. The molecule has 0 spiro atoms. The lowest BCUT2D eigenvalue weighted by atomic mass is 9.79. The predicted molar refractivity (Wildman–Crippen MR) is 140 cm³/mol. The van der Waals surface area contributed by atoms with E-state index >= 15 is 0 Å². The number of pyridine rings is 1. The van der Waals surface area contributed by atoms with Crippen molar-refractivity contribution < 1.29 is 19.7 Å². The number of rotatable bonds is 11. The fraction of sp³-hybridized carbons (Fsp3) is 0.481. The number of benzene rings is 1. The summed E-state index contributed by atoms with van der Waals surface area (Å²) in [5, 5.41) is 24.3. The number of aryl methyl sites for hydroxylation is 1. The zero-order chi connectivity index (χ0) is 24.8. The number of likely N-dealkylation sites (tertiary alicyclic amines) is 1. The highest BCUT2D eigenvalue weighted by Gasteiger charge is 2.31. The Morgan fingerprint density at radius 2 is 2.17 bits per heavy atom. The number of carboxylic acid groups (broad SMARTS) is 1. The molecule has 0 saturated carbocycles. The smallest absolute Gasteiger partial charge is 0.303 e. The molecule has 1 saturated heterocycles. The molecule has 1 aliphatic rings. The summed E-state index contributed by atoms with van der Waals surface area (Å²) < 4.78 is 5.35. The molecule has 0 aliphatic carbocycles. The van der Waals surface area contributed by atoms with Gasteiger partial charge in [-0.05, 0) is 98.3 Å². The fourth-order valence-electron chi connectivity index (χ4n) is 5.25. The van der Waals surface area contributed by atoms with Crippen molar-refractivity contribution in [3.05, 3.63) is 57.4 Å². The fourth-order valence-corrected chi connectivity index (χ4v) is 6.43. The van der Waals surface area contributed by atoms with Gasteiger partial charge in [-0.25, -0.2) is 0 Å². The van der Waals surface area contributed by atoms with Crippen LogP contribution in [0.1, 0.15) is 48.6 Å². The van der Waals surface area contributed by atoms with Crippen LogP contribution < -0.4 is 4.74 Å². The van der Waals surface area contributed by atoms with Crippen molar-refractivity contribution in [2.75, 3.05) is 26.7 Å². The van der Waals surface area contributed by atoms with Crippen molar-refractivity contribution in [2.24, 2.45) is 11.8 Å². The summed E-state index contributed by atoms with van der Waals surface area (Å²) >= 11 is 7.91. The highest BCUT2D eigenvalue weighted by molar-refractivity contribution is 7.10. The van der Waals surface area contributed by atoms with Gasteiger partial charge in [0, 0.05) is 29.4 Å². The zero-order valence-electron chi connectivity index (χ0n) is 20.0. The number of thiophene rings is 1. The lowest BCUT2D eigenvalue weighted by Crippen LogP contribution is -2.42. The Kier molecular flexibility index (Phi) is 9.00. The molecule has 3 atom stereocenters. The summed E-state index contributed by atoms with van der Waals surface area (Å²) in [6.07, 6.45) is 5.58. The summed E-state index contributed by atoms with van der Waals surface area (Å²) in [5.41, 5.74) is 1.66. The maximum Gasteiger partial charge on any atom is 0.303 e. The second-order valence-electron chi connectivity index (χ2n) is 9.38. The monoisotopic (exact) mass is 516 g/mol. The average Bonchev–Trinajstić information content (AvgIpc) is 3.26. The number of fused-ring (bicyclic) bond motifs is 1. The number of aliphatic hydroxyl groups excluding tert-OH is 1. The SMILES string of the molecule is COc1ccc2nccc([C@H](O)CC[C@@H]3CCN(CCCc4sccc4Cl)C[C@@H]3CC(=O)O)c2c1. The molecule has 3 aromatic rings. The van der Waals surface area contributed by atoms with Crippen LogP contribution in [-0.4, -0.2) is 52.8 Å². The number of nitrogens with zero attached hydrogens (tertiary/aromatic N) is 2. The molecule has 2 aromatic heterocycles. The van der Waals surface area contributed by atoms with Gasteiger partial charge in [0.05, 0.1) is 23.8 Å². The zero-order valence-corrected chi connectivity index (χ0v) is 21.6. The molecule has 0 unspecified atom stereocenters. The molecular formula is C27H33ClN2O4S. The first-order chi connectivity index (χ1) is 16.9. The van der Waals surface area contributed by atoms with Gasteiger partial charge in [-0.1, -0.05) is 11.6 Å². The molecule has 1 aromatic carbocycles. The quantitative estimate of drug-likeness (QED) is 0.334. The van der Waals surface area contributed by atoms with Gasteiger partial charge in [-0.2, -0.15) is 0 Å². The first-order valence-corrected chi connectivity index (χ1v) is 13.5. The van der Waals surface area contributed by atoms with Gasteiger partial charge in [-0.15, -0.1) is 11.3 Å². The van der Waals surface area contributed by atoms with Crippen molar-refractivity contribution >= 4 is 39.8 Å². The average molecular weight is 517 g/mol. The van der Waals surface area contributed by atoms with Gasteiger partial charge >= 0.3 is 5.97 Å². The molecule has 8 heteroatoms. The topological polar surface area (TPSA) is 82.9 Å². The van der Waals surface area contributed by atoms with E-state index < -0.39 is 12.1 Å². The first kappa shape index (κ1) is 25.9. The number of methoxy groups -OCH3 is 1. The number of halogens is 1. The standard InChI is InChI=1S/C27H33ClN2O4S/c1-34-20-5-6-24-22(16-20)21(8-11-29-24)25(31)7-4-18-9-13-30(17-19(18)15-27(32)33)12-2-3-26-23(28)10-14-35-26/h5-6,8,10-11,14,16,18-19,25,31H,2-4,7,9,12-13,15,17H2,1H3,(H,32,33)/t18-,19+,25-/m1/s1. The number of aromatic nitrogens is 1. The van der Waals surface area contributed by atoms with Crippen LogP contribution in [0.25, 0.3) is 10.9 Å². The Labute approximate surface area is 215 Å². The normalized spacial score (nSPS) is 19.6. The Hall–Kier alpha value is -2.19. The van der Waals surface area contributed by atoms with Gasteiger partial charge in [0.1, 0.15) is 5.75 Å². The molecule has 0 amide bonds. The number of aliphatic carboxylic acids is 1. The van der Waals surface area contributed by atoms with Crippen LogP contribution in [0.5, 0.6) is 5.75 Å². The van der Waals surface area contributed by atoms with Crippen molar-refractivity contribution in [2.45, 2.75) is 44.6 Å². The van der Waals surface area contributed by atoms with Crippen LogP contribution in [0.4, 0.5) is 0 Å². The number of ether oxygens (including phenoxy) is 1. The van der Waals surface area contributed by atoms with Gasteiger partial charge in [0.15, 0.2) is 0 Å². The van der Waals surface area contributed by atoms with Gasteiger partial charge in [0.2, 0.25) is 0 Å². The van der Waals surface area contributed by atoms with Crippen LogP contribution in [0, 0.1) is 11.8 Å². The van der Waals surface area contributed by atoms with E-state index in [9.17, 15) is 15.0 Å². The molecular weight excluding hydrogens is 484 g/mol. The van der Waals surface area contributed by atoms with Gasteiger partial charge in [0.25, 0.3) is 0 Å².